The number of hydrogen-bond acceptors (Lipinski definition) is 4. The Balaban J connectivity index is 1.52. The summed E-state index contributed by atoms with van der Waals surface area (Å²) in [5, 5.41) is 6.44. The Bertz CT molecular complexity index is 2300. The fourth-order valence-corrected chi connectivity index (χ4v) is 10.9. The molecule has 0 nitrogen and oxygen atoms in total. The number of hydrogen-bond donors (Lipinski definition) is 0. The van der Waals surface area contributed by atoms with Crippen molar-refractivity contribution >= 4 is 128 Å². The lowest BCUT2D eigenvalue weighted by Gasteiger charge is -2.19. The van der Waals surface area contributed by atoms with E-state index >= 15 is 0 Å². The first-order chi connectivity index (χ1) is 21.6. The molecule has 0 atom stereocenters. The molecule has 44 heavy (non-hydrogen) atoms. The summed E-state index contributed by atoms with van der Waals surface area (Å²) < 4.78 is 10.4. The summed E-state index contributed by atoms with van der Waals surface area (Å²) in [6.45, 7) is 0. The smallest absolute Gasteiger partial charge is 0.0455 e. The van der Waals surface area contributed by atoms with Crippen LogP contribution < -0.4 is 0 Å². The monoisotopic (exact) mass is 674 g/mol. The Morgan fingerprint density at radius 1 is 0.318 bits per heavy atom. The molecule has 2 aromatic heterocycles. The minimum absolute atomic E-state index is 0.738. The highest BCUT2D eigenvalue weighted by Gasteiger charge is 2.20. The molecule has 0 aliphatic heterocycles. The molecule has 0 aliphatic carbocycles. The van der Waals surface area contributed by atoms with E-state index in [1.165, 1.54) is 70.3 Å². The van der Waals surface area contributed by atoms with Gasteiger partial charge in [0.2, 0.25) is 0 Å². The third-order valence-electron chi connectivity index (χ3n) is 8.09. The van der Waals surface area contributed by atoms with Gasteiger partial charge in [-0.15, -0.1) is 45.3 Å². The highest BCUT2D eigenvalue weighted by molar-refractivity contribution is 7.36. The Kier molecular flexibility index (Phi) is 6.45. The molecule has 0 amide bonds. The van der Waals surface area contributed by atoms with Gasteiger partial charge >= 0.3 is 0 Å². The van der Waals surface area contributed by atoms with Gasteiger partial charge in [0, 0.05) is 47.6 Å². The molecule has 0 saturated carbocycles. The predicted molar refractivity (Wildman–Crippen MR) is 202 cm³/mol. The molecular weight excluding hydrogens is 656 g/mol. The summed E-state index contributed by atoms with van der Waals surface area (Å²) in [7, 11) is 0. The highest BCUT2D eigenvalue weighted by atomic mass is 35.5. The van der Waals surface area contributed by atoms with Crippen LogP contribution in [0.1, 0.15) is 0 Å². The Hall–Kier alpha value is -3.48. The summed E-state index contributed by atoms with van der Waals surface area (Å²) in [6, 6.07) is 43.7. The molecule has 210 valence electrons. The molecule has 2 heterocycles. The minimum atomic E-state index is 0.738. The number of rotatable bonds is 2. The number of fused-ring (bicyclic) bond motifs is 6. The first-order valence-electron chi connectivity index (χ1n) is 14.1. The second kappa shape index (κ2) is 10.6. The summed E-state index contributed by atoms with van der Waals surface area (Å²) in [4.78, 5) is 0. The molecule has 6 heteroatoms. The third-order valence-corrected chi connectivity index (χ3v) is 13.6. The van der Waals surface area contributed by atoms with Crippen LogP contribution in [0.2, 0.25) is 10.0 Å². The van der Waals surface area contributed by atoms with Gasteiger partial charge in [-0.3, -0.25) is 0 Å². The van der Waals surface area contributed by atoms with Crippen molar-refractivity contribution in [3.8, 4) is 22.3 Å². The lowest BCUT2D eigenvalue weighted by molar-refractivity contribution is 1.67. The molecule has 0 N–H and O–H groups in total. The molecule has 7 aromatic carbocycles. The van der Waals surface area contributed by atoms with Crippen LogP contribution in [0, 0.1) is 0 Å². The van der Waals surface area contributed by atoms with E-state index in [4.69, 9.17) is 23.2 Å². The van der Waals surface area contributed by atoms with Gasteiger partial charge in [0.25, 0.3) is 0 Å². The lowest BCUT2D eigenvalue weighted by atomic mass is 9.86. The molecule has 9 rings (SSSR count). The minimum Gasteiger partial charge on any atom is -0.133 e. The van der Waals surface area contributed by atoms with Gasteiger partial charge in [-0.1, -0.05) is 71.7 Å². The van der Waals surface area contributed by atoms with Crippen molar-refractivity contribution in [3.05, 3.63) is 131 Å². The summed E-state index contributed by atoms with van der Waals surface area (Å²) in [6.07, 6.45) is 0. The standard InChI is InChI=1S/C38H20Cl2S4/c39-23-13-9-21(10-14-23)37-25-17-33-34(42-30-6-2-1-5-29(30)41-33)18-26(25)38(22-11-15-24(40)16-12-22)28-20-36-35(19-27(28)37)43-31-7-3-4-8-32(31)44-36/h1-20H. The van der Waals surface area contributed by atoms with Gasteiger partial charge in [-0.05, 0) is 117 Å². The Morgan fingerprint density at radius 2 is 0.591 bits per heavy atom. The quantitative estimate of drug-likeness (QED) is 0.160. The first kappa shape index (κ1) is 26.9. The van der Waals surface area contributed by atoms with Gasteiger partial charge in [0.1, 0.15) is 0 Å². The summed E-state index contributed by atoms with van der Waals surface area (Å²) in [5.41, 5.74) is 4.80. The predicted octanol–water partition coefficient (Wildman–Crippen LogP) is 14.6. The second-order valence-electron chi connectivity index (χ2n) is 10.8. The van der Waals surface area contributed by atoms with Crippen LogP contribution in [0.3, 0.4) is 0 Å². The average Bonchev–Trinajstić information content (AvgIpc) is 3.05. The zero-order valence-corrected chi connectivity index (χ0v) is 27.7. The molecule has 0 unspecified atom stereocenters. The van der Waals surface area contributed by atoms with Crippen LogP contribution in [0.25, 0.3) is 81.4 Å². The van der Waals surface area contributed by atoms with Crippen molar-refractivity contribution in [2.45, 2.75) is 0 Å². The van der Waals surface area contributed by atoms with E-state index in [1.807, 2.05) is 69.6 Å². The van der Waals surface area contributed by atoms with E-state index in [9.17, 15) is 0 Å². The van der Waals surface area contributed by atoms with Crippen LogP contribution >= 0.6 is 68.5 Å². The van der Waals surface area contributed by atoms with Crippen LogP contribution in [-0.4, -0.2) is 0 Å². The van der Waals surface area contributed by atoms with E-state index in [2.05, 4.69) is 97.1 Å². The number of halogens is 2. The van der Waals surface area contributed by atoms with Crippen LogP contribution in [0.4, 0.5) is 0 Å². The molecule has 0 fully saturated rings. The number of benzene rings is 7. The SMILES string of the molecule is Clc1ccc(-c2c3cc4sc5ccccc5sc4cc3c(-c3ccc(Cl)cc3)c3cc4sc5ccccc5sc4cc23)cc1. The van der Waals surface area contributed by atoms with Crippen molar-refractivity contribution in [2.24, 2.45) is 0 Å². The highest BCUT2D eigenvalue weighted by Crippen LogP contribution is 2.49. The van der Waals surface area contributed by atoms with Gasteiger partial charge in [0.05, 0.1) is 0 Å². The van der Waals surface area contributed by atoms with E-state index in [-0.39, 0.29) is 0 Å². The molecule has 0 aliphatic rings. The summed E-state index contributed by atoms with van der Waals surface area (Å²) >= 11 is 20.3. The van der Waals surface area contributed by atoms with Gasteiger partial charge in [0.15, 0.2) is 0 Å². The zero-order valence-electron chi connectivity index (χ0n) is 22.9. The van der Waals surface area contributed by atoms with Gasteiger partial charge in [-0.2, -0.15) is 0 Å². The maximum atomic E-state index is 6.42. The maximum absolute atomic E-state index is 6.42. The molecule has 0 bridgehead atoms. The van der Waals surface area contributed by atoms with Crippen LogP contribution in [0.15, 0.2) is 121 Å². The normalized spacial score (nSPS) is 11.9. The zero-order chi connectivity index (χ0) is 29.4. The summed E-state index contributed by atoms with van der Waals surface area (Å²) in [5.74, 6) is 0. The van der Waals surface area contributed by atoms with Gasteiger partial charge in [-0.25, -0.2) is 0 Å². The second-order valence-corrected chi connectivity index (χ2v) is 16.0. The largest absolute Gasteiger partial charge is 0.133 e. The van der Waals surface area contributed by atoms with Crippen molar-refractivity contribution in [1.29, 1.82) is 0 Å². The van der Waals surface area contributed by atoms with Crippen LogP contribution in [0.5, 0.6) is 0 Å². The maximum Gasteiger partial charge on any atom is 0.0455 e. The van der Waals surface area contributed by atoms with E-state index in [1.54, 1.807) is 0 Å². The Morgan fingerprint density at radius 3 is 0.864 bits per heavy atom. The Labute approximate surface area is 279 Å². The van der Waals surface area contributed by atoms with Crippen LogP contribution in [-0.2, 0) is 0 Å². The molecule has 0 radical (unpaired) electrons. The van der Waals surface area contributed by atoms with Crippen molar-refractivity contribution in [1.82, 2.24) is 0 Å². The topological polar surface area (TPSA) is 0 Å². The lowest BCUT2D eigenvalue weighted by Crippen LogP contribution is -1.91. The van der Waals surface area contributed by atoms with E-state index in [0.29, 0.717) is 0 Å². The fourth-order valence-electron chi connectivity index (χ4n) is 6.12. The molecule has 0 spiro atoms. The van der Waals surface area contributed by atoms with Gasteiger partial charge < -0.3 is 0 Å². The van der Waals surface area contributed by atoms with Crippen molar-refractivity contribution < 1.29 is 0 Å². The average molecular weight is 676 g/mol. The fraction of sp³-hybridized carbons (Fsp3) is 0. The third kappa shape index (κ3) is 4.44. The van der Waals surface area contributed by atoms with Crippen molar-refractivity contribution in [2.75, 3.05) is 0 Å². The molecule has 0 saturated heterocycles. The molecule has 9 aromatic rings. The molecular formula is C38H20Cl2S4. The first-order valence-corrected chi connectivity index (χ1v) is 18.1. The van der Waals surface area contributed by atoms with E-state index < -0.39 is 0 Å². The van der Waals surface area contributed by atoms with E-state index in [0.717, 1.165) is 21.2 Å². The van der Waals surface area contributed by atoms with Crippen molar-refractivity contribution in [3.63, 3.8) is 0 Å².